The third kappa shape index (κ3) is 2.54. The minimum absolute atomic E-state index is 0.0814. The summed E-state index contributed by atoms with van der Waals surface area (Å²) in [5.41, 5.74) is 1.33. The smallest absolute Gasteiger partial charge is 0.136 e. The van der Waals surface area contributed by atoms with Gasteiger partial charge in [-0.15, -0.1) is 11.8 Å². The zero-order valence-corrected chi connectivity index (χ0v) is 9.95. The van der Waals surface area contributed by atoms with Gasteiger partial charge in [0, 0.05) is 4.90 Å². The molecule has 1 aliphatic rings. The Morgan fingerprint density at radius 3 is 2.60 bits per heavy atom. The minimum Gasteiger partial charge on any atom is -0.206 e. The van der Waals surface area contributed by atoms with Crippen molar-refractivity contribution >= 4 is 11.8 Å². The van der Waals surface area contributed by atoms with Crippen LogP contribution in [-0.4, -0.2) is 6.26 Å². The van der Waals surface area contributed by atoms with Crippen molar-refractivity contribution in [3.05, 3.63) is 29.6 Å². The van der Waals surface area contributed by atoms with Gasteiger partial charge in [-0.3, -0.25) is 0 Å². The molecule has 15 heavy (non-hydrogen) atoms. The average molecular weight is 224 g/mol. The molecule has 82 valence electrons. The summed E-state index contributed by atoms with van der Waals surface area (Å²) in [6.45, 7) is 0. The summed E-state index contributed by atoms with van der Waals surface area (Å²) in [5.74, 6) is 0.590. The van der Waals surface area contributed by atoms with E-state index in [1.54, 1.807) is 6.07 Å². The molecule has 0 aromatic heterocycles. The lowest BCUT2D eigenvalue weighted by atomic mass is 9.84. The molecule has 1 aromatic rings. The van der Waals surface area contributed by atoms with Gasteiger partial charge in [-0.2, -0.15) is 0 Å². The SMILES string of the molecule is CSc1cc(C2CCCCC2)ccc1F. The molecule has 1 fully saturated rings. The Labute approximate surface area is 95.3 Å². The third-order valence-corrected chi connectivity index (χ3v) is 4.00. The number of benzene rings is 1. The number of rotatable bonds is 2. The maximum Gasteiger partial charge on any atom is 0.136 e. The van der Waals surface area contributed by atoms with Gasteiger partial charge in [0.05, 0.1) is 0 Å². The van der Waals surface area contributed by atoms with Crippen LogP contribution in [0, 0.1) is 5.82 Å². The Bertz CT molecular complexity index is 329. The van der Waals surface area contributed by atoms with Gasteiger partial charge in [0.15, 0.2) is 0 Å². The van der Waals surface area contributed by atoms with Gasteiger partial charge in [-0.05, 0) is 42.7 Å². The van der Waals surface area contributed by atoms with Crippen molar-refractivity contribution in [2.75, 3.05) is 6.26 Å². The highest BCUT2D eigenvalue weighted by molar-refractivity contribution is 7.98. The summed E-state index contributed by atoms with van der Waals surface area (Å²) in [6.07, 6.45) is 8.52. The molecule has 0 heterocycles. The molecule has 0 atom stereocenters. The highest BCUT2D eigenvalue weighted by Gasteiger charge is 2.16. The van der Waals surface area contributed by atoms with Crippen LogP contribution < -0.4 is 0 Å². The molecule has 0 saturated heterocycles. The molecular formula is C13H17FS. The predicted molar refractivity (Wildman–Crippen MR) is 64.0 cm³/mol. The fourth-order valence-electron chi connectivity index (χ4n) is 2.37. The monoisotopic (exact) mass is 224 g/mol. The molecular weight excluding hydrogens is 207 g/mol. The van der Waals surface area contributed by atoms with E-state index in [0.717, 1.165) is 4.90 Å². The van der Waals surface area contributed by atoms with E-state index in [0.29, 0.717) is 5.92 Å². The Morgan fingerprint density at radius 1 is 1.20 bits per heavy atom. The molecule has 2 heteroatoms. The first kappa shape index (κ1) is 11.0. The number of thioether (sulfide) groups is 1. The lowest BCUT2D eigenvalue weighted by Crippen LogP contribution is -2.04. The van der Waals surface area contributed by atoms with Crippen molar-refractivity contribution < 1.29 is 4.39 Å². The molecule has 1 aliphatic carbocycles. The lowest BCUT2D eigenvalue weighted by Gasteiger charge is -2.22. The molecule has 0 amide bonds. The van der Waals surface area contributed by atoms with Crippen LogP contribution in [0.5, 0.6) is 0 Å². The van der Waals surface area contributed by atoms with E-state index in [1.165, 1.54) is 49.4 Å². The maximum atomic E-state index is 13.3. The summed E-state index contributed by atoms with van der Waals surface area (Å²) in [5, 5.41) is 0. The average Bonchev–Trinajstić information content (AvgIpc) is 2.31. The Morgan fingerprint density at radius 2 is 1.93 bits per heavy atom. The van der Waals surface area contributed by atoms with Crippen molar-refractivity contribution in [3.8, 4) is 0 Å². The molecule has 0 unspecified atom stereocenters. The van der Waals surface area contributed by atoms with Crippen LogP contribution in [0.4, 0.5) is 4.39 Å². The van der Waals surface area contributed by atoms with Crippen LogP contribution in [0.1, 0.15) is 43.6 Å². The summed E-state index contributed by atoms with van der Waals surface area (Å²) in [7, 11) is 0. The molecule has 0 bridgehead atoms. The summed E-state index contributed by atoms with van der Waals surface area (Å²) in [4.78, 5) is 0.790. The van der Waals surface area contributed by atoms with Crippen LogP contribution >= 0.6 is 11.8 Å². The number of hydrogen-bond donors (Lipinski definition) is 0. The first-order chi connectivity index (χ1) is 7.31. The highest BCUT2D eigenvalue weighted by Crippen LogP contribution is 2.34. The zero-order chi connectivity index (χ0) is 10.7. The maximum absolute atomic E-state index is 13.3. The van der Waals surface area contributed by atoms with Crippen LogP contribution in [0.15, 0.2) is 23.1 Å². The van der Waals surface area contributed by atoms with E-state index in [2.05, 4.69) is 0 Å². The first-order valence-corrected chi connectivity index (χ1v) is 6.87. The molecule has 1 aromatic carbocycles. The van der Waals surface area contributed by atoms with E-state index in [4.69, 9.17) is 0 Å². The van der Waals surface area contributed by atoms with Crippen LogP contribution in [0.25, 0.3) is 0 Å². The van der Waals surface area contributed by atoms with Crippen LogP contribution in [0.3, 0.4) is 0 Å². The van der Waals surface area contributed by atoms with Crippen molar-refractivity contribution in [1.29, 1.82) is 0 Å². The summed E-state index contributed by atoms with van der Waals surface area (Å²) >= 11 is 1.50. The standard InChI is InChI=1S/C13H17FS/c1-15-13-9-11(7-8-12(13)14)10-5-3-2-4-6-10/h7-10H,2-6H2,1H3. The second-order valence-electron chi connectivity index (χ2n) is 4.23. The Hall–Kier alpha value is -0.500. The molecule has 0 N–H and O–H groups in total. The van der Waals surface area contributed by atoms with Crippen molar-refractivity contribution in [2.45, 2.75) is 42.9 Å². The van der Waals surface area contributed by atoms with Gasteiger partial charge < -0.3 is 0 Å². The van der Waals surface area contributed by atoms with E-state index >= 15 is 0 Å². The molecule has 1 saturated carbocycles. The van der Waals surface area contributed by atoms with Crippen LogP contribution in [-0.2, 0) is 0 Å². The first-order valence-electron chi connectivity index (χ1n) is 5.64. The fourth-order valence-corrected chi connectivity index (χ4v) is 2.88. The van der Waals surface area contributed by atoms with Crippen molar-refractivity contribution in [2.24, 2.45) is 0 Å². The largest absolute Gasteiger partial charge is 0.206 e. The number of halogens is 1. The third-order valence-electron chi connectivity index (χ3n) is 3.25. The highest BCUT2D eigenvalue weighted by atomic mass is 32.2. The topological polar surface area (TPSA) is 0 Å². The number of hydrogen-bond acceptors (Lipinski definition) is 1. The molecule has 0 nitrogen and oxygen atoms in total. The lowest BCUT2D eigenvalue weighted by molar-refractivity contribution is 0.442. The van der Waals surface area contributed by atoms with Crippen LogP contribution in [0.2, 0.25) is 0 Å². The van der Waals surface area contributed by atoms with Crippen molar-refractivity contribution in [3.63, 3.8) is 0 Å². The second-order valence-corrected chi connectivity index (χ2v) is 5.08. The molecule has 0 radical (unpaired) electrons. The van der Waals surface area contributed by atoms with Gasteiger partial charge >= 0.3 is 0 Å². The van der Waals surface area contributed by atoms with E-state index in [9.17, 15) is 4.39 Å². The summed E-state index contributed by atoms with van der Waals surface area (Å²) in [6, 6.07) is 5.62. The predicted octanol–water partition coefficient (Wildman–Crippen LogP) is 4.60. The zero-order valence-electron chi connectivity index (χ0n) is 9.13. The van der Waals surface area contributed by atoms with Gasteiger partial charge in [0.2, 0.25) is 0 Å². The summed E-state index contributed by atoms with van der Waals surface area (Å²) < 4.78 is 13.3. The molecule has 0 spiro atoms. The normalized spacial score (nSPS) is 18.0. The minimum atomic E-state index is -0.0814. The molecule has 0 aliphatic heterocycles. The second kappa shape index (κ2) is 5.02. The quantitative estimate of drug-likeness (QED) is 0.662. The van der Waals surface area contributed by atoms with Gasteiger partial charge in [-0.1, -0.05) is 25.3 Å². The van der Waals surface area contributed by atoms with E-state index in [-0.39, 0.29) is 5.82 Å². The molecule has 2 rings (SSSR count). The van der Waals surface area contributed by atoms with E-state index < -0.39 is 0 Å². The van der Waals surface area contributed by atoms with E-state index in [1.807, 2.05) is 18.4 Å². The van der Waals surface area contributed by atoms with Gasteiger partial charge in [0.25, 0.3) is 0 Å². The van der Waals surface area contributed by atoms with Gasteiger partial charge in [0.1, 0.15) is 5.82 Å². The van der Waals surface area contributed by atoms with Gasteiger partial charge in [-0.25, -0.2) is 4.39 Å². The van der Waals surface area contributed by atoms with Crippen molar-refractivity contribution in [1.82, 2.24) is 0 Å². The Kier molecular flexibility index (Phi) is 3.68. The fraction of sp³-hybridized carbons (Fsp3) is 0.538. The Balaban J connectivity index is 2.20.